The minimum absolute atomic E-state index is 0.441. The molecule has 1 fully saturated rings. The maximum absolute atomic E-state index is 9.81. The number of aliphatic hydroxyl groups is 1. The summed E-state index contributed by atoms with van der Waals surface area (Å²) in [6.07, 6.45) is 2.56. The maximum Gasteiger partial charge on any atom is 0.161 e. The van der Waals surface area contributed by atoms with E-state index in [0.29, 0.717) is 13.2 Å². The summed E-state index contributed by atoms with van der Waals surface area (Å²) in [5, 5.41) is 9.81. The van der Waals surface area contributed by atoms with Gasteiger partial charge in [-0.3, -0.25) is 0 Å². The van der Waals surface area contributed by atoms with Gasteiger partial charge in [0.1, 0.15) is 13.2 Å². The number of fused-ring (bicyclic) bond motifs is 1. The lowest BCUT2D eigenvalue weighted by molar-refractivity contribution is 0.150. The number of rotatable bonds is 2. The molecule has 0 saturated heterocycles. The van der Waals surface area contributed by atoms with Crippen molar-refractivity contribution < 1.29 is 14.6 Å². The second kappa shape index (κ2) is 3.14. The summed E-state index contributed by atoms with van der Waals surface area (Å²) in [4.78, 5) is 0. The van der Waals surface area contributed by atoms with Gasteiger partial charge in [-0.1, -0.05) is 6.07 Å². The zero-order valence-corrected chi connectivity index (χ0v) is 8.53. The summed E-state index contributed by atoms with van der Waals surface area (Å²) >= 11 is 0. The van der Waals surface area contributed by atoms with Crippen LogP contribution in [0, 0.1) is 0 Å². The Morgan fingerprint density at radius 3 is 2.60 bits per heavy atom. The highest BCUT2D eigenvalue weighted by Crippen LogP contribution is 2.40. The lowest BCUT2D eigenvalue weighted by Crippen LogP contribution is -2.16. The van der Waals surface area contributed by atoms with Crippen LogP contribution in [0.3, 0.4) is 0 Å². The van der Waals surface area contributed by atoms with Crippen LogP contribution in [0.15, 0.2) is 18.2 Å². The third-order valence-electron chi connectivity index (χ3n) is 2.97. The van der Waals surface area contributed by atoms with E-state index in [2.05, 4.69) is 0 Å². The van der Waals surface area contributed by atoms with Crippen LogP contribution < -0.4 is 9.47 Å². The molecule has 2 aliphatic rings. The zero-order valence-electron chi connectivity index (χ0n) is 8.53. The summed E-state index contributed by atoms with van der Waals surface area (Å²) in [5.41, 5.74) is 0.684. The molecule has 0 bridgehead atoms. The number of hydrogen-bond donors (Lipinski definition) is 1. The molecule has 1 aliphatic carbocycles. The Balaban J connectivity index is 1.84. The van der Waals surface area contributed by atoms with Gasteiger partial charge in [-0.25, -0.2) is 0 Å². The van der Waals surface area contributed by atoms with Gasteiger partial charge in [0.05, 0.1) is 5.60 Å². The molecular weight excluding hydrogens is 192 g/mol. The monoisotopic (exact) mass is 206 g/mol. The molecule has 0 radical (unpaired) electrons. The fourth-order valence-corrected chi connectivity index (χ4v) is 1.90. The first-order valence-electron chi connectivity index (χ1n) is 5.36. The van der Waals surface area contributed by atoms with Crippen LogP contribution in [0.5, 0.6) is 11.5 Å². The predicted molar refractivity (Wildman–Crippen MR) is 55.3 cm³/mol. The second-order valence-corrected chi connectivity index (χ2v) is 4.38. The topological polar surface area (TPSA) is 38.7 Å². The molecule has 0 amide bonds. The highest BCUT2D eigenvalue weighted by atomic mass is 16.6. The number of benzene rings is 1. The lowest BCUT2D eigenvalue weighted by Gasteiger charge is -2.19. The highest BCUT2D eigenvalue weighted by molar-refractivity contribution is 5.44. The largest absolute Gasteiger partial charge is 0.486 e. The van der Waals surface area contributed by atoms with Crippen molar-refractivity contribution in [3.05, 3.63) is 23.8 Å². The Hall–Kier alpha value is -1.22. The summed E-state index contributed by atoms with van der Waals surface area (Å²) in [5.74, 6) is 1.62. The fraction of sp³-hybridized carbons (Fsp3) is 0.500. The fourth-order valence-electron chi connectivity index (χ4n) is 1.90. The van der Waals surface area contributed by atoms with E-state index in [1.165, 1.54) is 0 Å². The van der Waals surface area contributed by atoms with Gasteiger partial charge >= 0.3 is 0 Å². The van der Waals surface area contributed by atoms with Crippen molar-refractivity contribution in [2.75, 3.05) is 13.2 Å². The van der Waals surface area contributed by atoms with Crippen molar-refractivity contribution in [1.29, 1.82) is 0 Å². The first-order valence-corrected chi connectivity index (χ1v) is 5.36. The molecule has 3 nitrogen and oxygen atoms in total. The van der Waals surface area contributed by atoms with Gasteiger partial charge in [0.2, 0.25) is 0 Å². The summed E-state index contributed by atoms with van der Waals surface area (Å²) < 4.78 is 10.9. The minimum atomic E-state index is -0.441. The third kappa shape index (κ3) is 1.79. The standard InChI is InChI=1S/C12H14O3/c13-12(3-4-12)8-9-1-2-10-11(7-9)15-6-5-14-10/h1-2,7,13H,3-6,8H2. The summed E-state index contributed by atoms with van der Waals surface area (Å²) in [6.45, 7) is 1.23. The molecule has 0 spiro atoms. The number of ether oxygens (including phenoxy) is 2. The van der Waals surface area contributed by atoms with E-state index in [1.54, 1.807) is 0 Å². The smallest absolute Gasteiger partial charge is 0.161 e. The van der Waals surface area contributed by atoms with Crippen molar-refractivity contribution in [2.45, 2.75) is 24.9 Å². The first-order chi connectivity index (χ1) is 7.25. The molecule has 1 aromatic carbocycles. The van der Waals surface area contributed by atoms with Crippen LogP contribution in [0.2, 0.25) is 0 Å². The van der Waals surface area contributed by atoms with Crippen LogP contribution in [0.1, 0.15) is 18.4 Å². The molecular formula is C12H14O3. The molecule has 0 aromatic heterocycles. The Labute approximate surface area is 88.6 Å². The van der Waals surface area contributed by atoms with E-state index in [1.807, 2.05) is 18.2 Å². The van der Waals surface area contributed by atoms with Crippen LogP contribution >= 0.6 is 0 Å². The van der Waals surface area contributed by atoms with Crippen molar-refractivity contribution in [3.8, 4) is 11.5 Å². The summed E-state index contributed by atoms with van der Waals surface area (Å²) in [6, 6.07) is 5.91. The van der Waals surface area contributed by atoms with Crippen molar-refractivity contribution in [2.24, 2.45) is 0 Å². The third-order valence-corrected chi connectivity index (χ3v) is 2.97. The molecule has 15 heavy (non-hydrogen) atoms. The van der Waals surface area contributed by atoms with Gasteiger partial charge < -0.3 is 14.6 Å². The van der Waals surface area contributed by atoms with Crippen molar-refractivity contribution >= 4 is 0 Å². The molecule has 80 valence electrons. The summed E-state index contributed by atoms with van der Waals surface area (Å²) in [7, 11) is 0. The average molecular weight is 206 g/mol. The molecule has 1 heterocycles. The van der Waals surface area contributed by atoms with Crippen LogP contribution in [-0.2, 0) is 6.42 Å². The van der Waals surface area contributed by atoms with E-state index >= 15 is 0 Å². The highest BCUT2D eigenvalue weighted by Gasteiger charge is 2.40. The molecule has 0 unspecified atom stereocenters. The van der Waals surface area contributed by atoms with E-state index in [9.17, 15) is 5.11 Å². The van der Waals surface area contributed by atoms with Crippen LogP contribution in [0.4, 0.5) is 0 Å². The maximum atomic E-state index is 9.81. The zero-order chi connectivity index (χ0) is 10.3. The Morgan fingerprint density at radius 2 is 1.87 bits per heavy atom. The quantitative estimate of drug-likeness (QED) is 0.797. The molecule has 1 aromatic rings. The Kier molecular flexibility index (Phi) is 1.89. The Morgan fingerprint density at radius 1 is 1.13 bits per heavy atom. The van der Waals surface area contributed by atoms with Gasteiger partial charge in [-0.2, -0.15) is 0 Å². The van der Waals surface area contributed by atoms with Crippen LogP contribution in [0.25, 0.3) is 0 Å². The first kappa shape index (κ1) is 9.04. The normalized spacial score (nSPS) is 21.1. The Bertz CT molecular complexity index is 382. The SMILES string of the molecule is OC1(Cc2ccc3c(c2)OCCO3)CC1. The van der Waals surface area contributed by atoms with Crippen molar-refractivity contribution in [3.63, 3.8) is 0 Å². The van der Waals surface area contributed by atoms with Gasteiger partial charge in [-0.15, -0.1) is 0 Å². The minimum Gasteiger partial charge on any atom is -0.486 e. The molecule has 1 N–H and O–H groups in total. The predicted octanol–water partition coefficient (Wildman–Crippen LogP) is 1.53. The lowest BCUT2D eigenvalue weighted by atomic mass is 10.1. The number of hydrogen-bond acceptors (Lipinski definition) is 3. The molecule has 0 atom stereocenters. The van der Waals surface area contributed by atoms with Gasteiger partial charge in [-0.05, 0) is 30.5 Å². The van der Waals surface area contributed by atoms with Gasteiger partial charge in [0, 0.05) is 6.42 Å². The van der Waals surface area contributed by atoms with Crippen LogP contribution in [-0.4, -0.2) is 23.9 Å². The molecule has 3 rings (SSSR count). The van der Waals surface area contributed by atoms with E-state index in [4.69, 9.17) is 9.47 Å². The van der Waals surface area contributed by atoms with Gasteiger partial charge in [0.25, 0.3) is 0 Å². The second-order valence-electron chi connectivity index (χ2n) is 4.38. The average Bonchev–Trinajstić information content (AvgIpc) is 2.96. The molecule has 1 saturated carbocycles. The molecule has 3 heteroatoms. The van der Waals surface area contributed by atoms with Gasteiger partial charge in [0.15, 0.2) is 11.5 Å². The van der Waals surface area contributed by atoms with Crippen molar-refractivity contribution in [1.82, 2.24) is 0 Å². The molecule has 1 aliphatic heterocycles. The van der Waals surface area contributed by atoms with E-state index in [-0.39, 0.29) is 0 Å². The van der Waals surface area contributed by atoms with E-state index < -0.39 is 5.60 Å². The van der Waals surface area contributed by atoms with E-state index in [0.717, 1.165) is 36.3 Å².